The second-order valence-electron chi connectivity index (χ2n) is 2.19. The molecule has 12 heavy (non-hydrogen) atoms. The maximum atomic E-state index is 9.35. The fraction of sp³-hybridized carbons (Fsp3) is 0.625. The summed E-state index contributed by atoms with van der Waals surface area (Å²) in [6, 6.07) is 0. The lowest BCUT2D eigenvalue weighted by atomic mass is 10.2. The Hall–Kier alpha value is -0.380. The standard InChI is InChI=1S/C8H16N2OS/c1-3-7(8(11)10-2)6-12-5-4-9/h5,8,10-11H,3-4,9H2,1-2H3. The zero-order valence-corrected chi connectivity index (χ0v) is 8.32. The second kappa shape index (κ2) is 7.28. The molecule has 0 saturated carbocycles. The van der Waals surface area contributed by atoms with Gasteiger partial charge in [0.25, 0.3) is 0 Å². The van der Waals surface area contributed by atoms with Crippen molar-refractivity contribution in [1.82, 2.24) is 5.32 Å². The molecule has 0 heterocycles. The van der Waals surface area contributed by atoms with Gasteiger partial charge in [0.2, 0.25) is 0 Å². The van der Waals surface area contributed by atoms with Gasteiger partial charge >= 0.3 is 0 Å². The molecule has 0 rings (SSSR count). The summed E-state index contributed by atoms with van der Waals surface area (Å²) < 4.78 is 0. The Bertz CT molecular complexity index is 215. The molecule has 0 spiro atoms. The molecular weight excluding hydrogens is 172 g/mol. The highest BCUT2D eigenvalue weighted by atomic mass is 32.1. The van der Waals surface area contributed by atoms with E-state index in [0.717, 1.165) is 12.0 Å². The summed E-state index contributed by atoms with van der Waals surface area (Å²) in [6.07, 6.45) is 0.196. The molecule has 0 amide bonds. The number of hydrogen-bond acceptors (Lipinski definition) is 3. The van der Waals surface area contributed by atoms with E-state index < -0.39 is 6.23 Å². The lowest BCUT2D eigenvalue weighted by Gasteiger charge is -2.08. The van der Waals surface area contributed by atoms with E-state index in [9.17, 15) is 5.11 Å². The predicted molar refractivity (Wildman–Crippen MR) is 56.6 cm³/mol. The highest BCUT2D eigenvalue weighted by Gasteiger charge is 2.03. The minimum atomic E-state index is -0.589. The van der Waals surface area contributed by atoms with Crippen molar-refractivity contribution in [3.05, 3.63) is 5.57 Å². The quantitative estimate of drug-likeness (QED) is 0.421. The molecule has 1 unspecified atom stereocenters. The lowest BCUT2D eigenvalue weighted by molar-refractivity contribution is 0.182. The predicted octanol–water partition coefficient (Wildman–Crippen LogP) is -0.244. The molecule has 0 aromatic carbocycles. The van der Waals surface area contributed by atoms with Crippen molar-refractivity contribution in [3.8, 4) is 0 Å². The van der Waals surface area contributed by atoms with Crippen LogP contribution < -0.4 is 11.1 Å². The van der Waals surface area contributed by atoms with Crippen LogP contribution in [0.2, 0.25) is 0 Å². The molecule has 0 aromatic heterocycles. The van der Waals surface area contributed by atoms with Gasteiger partial charge in [-0.15, -0.1) is 10.9 Å². The molecule has 0 aliphatic carbocycles. The smallest absolute Gasteiger partial charge is 0.135 e. The van der Waals surface area contributed by atoms with Crippen LogP contribution in [0.25, 0.3) is 0 Å². The van der Waals surface area contributed by atoms with Gasteiger partial charge in [0.05, 0.1) is 0 Å². The van der Waals surface area contributed by atoms with E-state index in [0.29, 0.717) is 6.54 Å². The van der Waals surface area contributed by atoms with Crippen LogP contribution in [-0.2, 0) is 0 Å². The average Bonchev–Trinajstić information content (AvgIpc) is 2.11. The molecule has 4 N–H and O–H groups in total. The van der Waals surface area contributed by atoms with Crippen molar-refractivity contribution in [1.29, 1.82) is 0 Å². The summed E-state index contributed by atoms with van der Waals surface area (Å²) in [5.74, 6) is 0. The normalized spacial score (nSPS) is 11.7. The van der Waals surface area contributed by atoms with Crippen molar-refractivity contribution in [2.45, 2.75) is 19.6 Å². The van der Waals surface area contributed by atoms with Crippen LogP contribution in [-0.4, -0.2) is 35.3 Å². The zero-order valence-electron chi connectivity index (χ0n) is 7.50. The third kappa shape index (κ3) is 4.49. The van der Waals surface area contributed by atoms with E-state index in [2.05, 4.69) is 10.3 Å². The van der Waals surface area contributed by atoms with Crippen LogP contribution in [0.15, 0.2) is 5.57 Å². The van der Waals surface area contributed by atoms with E-state index in [1.807, 2.05) is 12.3 Å². The van der Waals surface area contributed by atoms with Gasteiger partial charge in [-0.25, -0.2) is 0 Å². The van der Waals surface area contributed by atoms with Gasteiger partial charge in [0.1, 0.15) is 6.23 Å². The van der Waals surface area contributed by atoms with Gasteiger partial charge in [-0.05, 0) is 18.8 Å². The molecular formula is C8H16N2OS. The van der Waals surface area contributed by atoms with Crippen LogP contribution in [0.4, 0.5) is 0 Å². The Labute approximate surface area is 76.8 Å². The number of nitrogens with one attached hydrogen (secondary N) is 1. The monoisotopic (exact) mass is 188 g/mol. The molecule has 3 nitrogen and oxygen atoms in total. The van der Waals surface area contributed by atoms with Crippen molar-refractivity contribution in [2.75, 3.05) is 13.6 Å². The molecule has 1 atom stereocenters. The Balaban J connectivity index is 4.53. The first kappa shape index (κ1) is 11.6. The number of rotatable bonds is 4. The van der Waals surface area contributed by atoms with E-state index in [1.54, 1.807) is 7.05 Å². The maximum Gasteiger partial charge on any atom is 0.135 e. The minimum Gasteiger partial charge on any atom is -0.374 e. The first-order valence-corrected chi connectivity index (χ1v) is 4.78. The Kier molecular flexibility index (Phi) is 7.05. The van der Waals surface area contributed by atoms with Gasteiger partial charge in [-0.1, -0.05) is 11.9 Å². The molecule has 0 aromatic rings. The Morgan fingerprint density at radius 3 is 2.92 bits per heavy atom. The molecule has 70 valence electrons. The summed E-state index contributed by atoms with van der Waals surface area (Å²) in [5.41, 5.74) is 6.11. The average molecular weight is 188 g/mol. The molecule has 0 radical (unpaired) electrons. The highest BCUT2D eigenvalue weighted by Crippen LogP contribution is 1.99. The number of aliphatic hydroxyl groups excluding tert-OH is 1. The Morgan fingerprint density at radius 1 is 1.83 bits per heavy atom. The van der Waals surface area contributed by atoms with E-state index in [-0.39, 0.29) is 0 Å². The fourth-order valence-corrected chi connectivity index (χ4v) is 1.25. The number of likely N-dealkylation sites (N-methyl/N-ethyl adjacent to an activating group) is 1. The Morgan fingerprint density at radius 2 is 2.50 bits per heavy atom. The number of hydrogen-bond donors (Lipinski definition) is 3. The van der Waals surface area contributed by atoms with Crippen LogP contribution in [0.5, 0.6) is 0 Å². The maximum absolute atomic E-state index is 9.35. The third-order valence-corrected chi connectivity index (χ3v) is 2.09. The number of nitrogens with two attached hydrogens (primary N) is 1. The highest BCUT2D eigenvalue weighted by molar-refractivity contribution is 7.95. The molecule has 0 aliphatic heterocycles. The molecule has 0 fully saturated rings. The van der Waals surface area contributed by atoms with Gasteiger partial charge in [-0.3, -0.25) is 5.32 Å². The van der Waals surface area contributed by atoms with Crippen LogP contribution in [0.3, 0.4) is 0 Å². The summed E-state index contributed by atoms with van der Waals surface area (Å²) in [4.78, 5) is 0. The zero-order chi connectivity index (χ0) is 9.40. The van der Waals surface area contributed by atoms with E-state index >= 15 is 0 Å². The lowest BCUT2D eigenvalue weighted by Crippen LogP contribution is -2.26. The summed E-state index contributed by atoms with van der Waals surface area (Å²) in [6.45, 7) is 2.50. The molecule has 0 aliphatic rings. The summed E-state index contributed by atoms with van der Waals surface area (Å²) in [7, 11) is 3.10. The first-order valence-electron chi connectivity index (χ1n) is 3.90. The van der Waals surface area contributed by atoms with Crippen molar-refractivity contribution in [3.63, 3.8) is 0 Å². The van der Waals surface area contributed by atoms with Crippen molar-refractivity contribution >= 4 is 21.3 Å². The van der Waals surface area contributed by atoms with E-state index in [1.165, 1.54) is 10.9 Å². The largest absolute Gasteiger partial charge is 0.374 e. The molecule has 4 heteroatoms. The minimum absolute atomic E-state index is 0.518. The summed E-state index contributed by atoms with van der Waals surface area (Å²) in [5, 5.41) is 16.9. The van der Waals surface area contributed by atoms with Crippen molar-refractivity contribution in [2.24, 2.45) is 5.73 Å². The van der Waals surface area contributed by atoms with Gasteiger partial charge in [-0.2, -0.15) is 0 Å². The SMILES string of the molecule is CCC(=C=S=CCN)C(O)NC. The molecule has 0 bridgehead atoms. The van der Waals surface area contributed by atoms with Gasteiger partial charge in [0.15, 0.2) is 0 Å². The van der Waals surface area contributed by atoms with Crippen molar-refractivity contribution < 1.29 is 5.11 Å². The third-order valence-electron chi connectivity index (χ3n) is 1.35. The number of aliphatic hydroxyl groups is 1. The van der Waals surface area contributed by atoms with Crippen LogP contribution >= 0.6 is 10.9 Å². The topological polar surface area (TPSA) is 58.3 Å². The summed E-state index contributed by atoms with van der Waals surface area (Å²) >= 11 is 0. The fourth-order valence-electron chi connectivity index (χ4n) is 0.661. The van der Waals surface area contributed by atoms with Gasteiger partial charge in [0, 0.05) is 12.1 Å². The van der Waals surface area contributed by atoms with E-state index in [4.69, 9.17) is 5.73 Å². The first-order chi connectivity index (χ1) is 5.76. The van der Waals surface area contributed by atoms with Crippen LogP contribution in [0.1, 0.15) is 13.3 Å². The second-order valence-corrected chi connectivity index (χ2v) is 2.97. The molecule has 0 saturated heterocycles. The van der Waals surface area contributed by atoms with Crippen LogP contribution in [0, 0.1) is 0 Å². The van der Waals surface area contributed by atoms with Gasteiger partial charge < -0.3 is 10.8 Å².